The number of hydrogen-bond acceptors (Lipinski definition) is 2. The average molecular weight is 398 g/mol. The van der Waals surface area contributed by atoms with Crippen molar-refractivity contribution in [1.29, 1.82) is 0 Å². The molecule has 3 aromatic rings. The lowest BCUT2D eigenvalue weighted by atomic mass is 10.00. The van der Waals surface area contributed by atoms with E-state index in [9.17, 15) is 9.18 Å². The summed E-state index contributed by atoms with van der Waals surface area (Å²) in [4.78, 5) is 14.8. The van der Waals surface area contributed by atoms with Gasteiger partial charge in [-0.1, -0.05) is 41.9 Å². The summed E-state index contributed by atoms with van der Waals surface area (Å²) in [6.07, 6.45) is 4.51. The number of carbonyl (C=O) groups is 1. The first-order chi connectivity index (χ1) is 13.6. The number of aryl methyl sites for hydroxylation is 1. The number of benzene rings is 2. The van der Waals surface area contributed by atoms with Crippen molar-refractivity contribution in [3.05, 3.63) is 76.8 Å². The molecule has 4 rings (SSSR count). The Kier molecular flexibility index (Phi) is 5.44. The predicted molar refractivity (Wildman–Crippen MR) is 107 cm³/mol. The molecule has 0 aliphatic carbocycles. The molecule has 0 radical (unpaired) electrons. The molecule has 1 N–H and O–H groups in total. The zero-order valence-electron chi connectivity index (χ0n) is 15.4. The van der Waals surface area contributed by atoms with Gasteiger partial charge in [0.05, 0.1) is 17.9 Å². The quantitative estimate of drug-likeness (QED) is 0.646. The van der Waals surface area contributed by atoms with Gasteiger partial charge in [0.15, 0.2) is 0 Å². The number of nitrogens with zero attached hydrogens (tertiary/aromatic N) is 2. The number of rotatable bonds is 5. The minimum absolute atomic E-state index is 0.102. The van der Waals surface area contributed by atoms with Crippen LogP contribution in [0.3, 0.4) is 0 Å². The van der Waals surface area contributed by atoms with E-state index in [2.05, 4.69) is 10.2 Å². The highest BCUT2D eigenvalue weighted by molar-refractivity contribution is 6.30. The number of likely N-dealkylation sites (tertiary alicyclic amines) is 1. The van der Waals surface area contributed by atoms with Crippen molar-refractivity contribution in [1.82, 2.24) is 15.1 Å². The number of H-pyrrole nitrogens is 1. The molecule has 1 amide bonds. The summed E-state index contributed by atoms with van der Waals surface area (Å²) in [6, 6.07) is 14.1. The maximum Gasteiger partial charge on any atom is 0.223 e. The third-order valence-electron chi connectivity index (χ3n) is 5.28. The topological polar surface area (TPSA) is 49.0 Å². The molecule has 144 valence electrons. The second-order valence-corrected chi connectivity index (χ2v) is 7.49. The molecule has 1 saturated heterocycles. The van der Waals surface area contributed by atoms with Crippen molar-refractivity contribution < 1.29 is 9.18 Å². The average Bonchev–Trinajstić information content (AvgIpc) is 3.36. The van der Waals surface area contributed by atoms with E-state index in [-0.39, 0.29) is 17.8 Å². The molecule has 1 unspecified atom stereocenters. The fourth-order valence-electron chi connectivity index (χ4n) is 3.86. The van der Waals surface area contributed by atoms with Crippen molar-refractivity contribution in [2.24, 2.45) is 0 Å². The Hall–Kier alpha value is -2.66. The summed E-state index contributed by atoms with van der Waals surface area (Å²) < 4.78 is 14.3. The smallest absolute Gasteiger partial charge is 0.223 e. The summed E-state index contributed by atoms with van der Waals surface area (Å²) in [5.41, 5.74) is 3.12. The Bertz CT molecular complexity index is 970. The Morgan fingerprint density at radius 2 is 1.96 bits per heavy atom. The molecule has 1 aliphatic heterocycles. The number of nitrogens with one attached hydrogen (secondary N) is 1. The van der Waals surface area contributed by atoms with Gasteiger partial charge in [-0.15, -0.1) is 0 Å². The maximum absolute atomic E-state index is 14.3. The number of amides is 1. The molecule has 0 bridgehead atoms. The lowest BCUT2D eigenvalue weighted by Crippen LogP contribution is -2.31. The van der Waals surface area contributed by atoms with Crippen LogP contribution in [-0.4, -0.2) is 27.5 Å². The summed E-state index contributed by atoms with van der Waals surface area (Å²) in [6.45, 7) is 0.708. The molecule has 2 heterocycles. The highest BCUT2D eigenvalue weighted by atomic mass is 35.5. The van der Waals surface area contributed by atoms with E-state index >= 15 is 0 Å². The molecule has 1 fully saturated rings. The zero-order valence-corrected chi connectivity index (χ0v) is 16.1. The monoisotopic (exact) mass is 397 g/mol. The lowest BCUT2D eigenvalue weighted by Gasteiger charge is -2.25. The fourth-order valence-corrected chi connectivity index (χ4v) is 3.98. The van der Waals surface area contributed by atoms with E-state index < -0.39 is 0 Å². The highest BCUT2D eigenvalue weighted by Crippen LogP contribution is 2.37. The molecule has 6 heteroatoms. The fraction of sp³-hybridized carbons (Fsp3) is 0.273. The largest absolute Gasteiger partial charge is 0.334 e. The molecule has 1 aromatic heterocycles. The molecule has 0 spiro atoms. The van der Waals surface area contributed by atoms with Crippen molar-refractivity contribution in [3.8, 4) is 11.1 Å². The number of carbonyl (C=O) groups excluding carboxylic acids is 1. The van der Waals surface area contributed by atoms with Gasteiger partial charge in [-0.05, 0) is 43.0 Å². The van der Waals surface area contributed by atoms with Gasteiger partial charge in [0.2, 0.25) is 5.91 Å². The van der Waals surface area contributed by atoms with Crippen LogP contribution in [0.2, 0.25) is 5.02 Å². The highest BCUT2D eigenvalue weighted by Gasteiger charge is 2.32. The van der Waals surface area contributed by atoms with E-state index in [1.54, 1.807) is 24.4 Å². The van der Waals surface area contributed by atoms with Gasteiger partial charge in [-0.3, -0.25) is 9.89 Å². The van der Waals surface area contributed by atoms with Crippen LogP contribution in [0.25, 0.3) is 11.1 Å². The number of aromatic amines is 1. The van der Waals surface area contributed by atoms with Crippen LogP contribution in [0.5, 0.6) is 0 Å². The van der Waals surface area contributed by atoms with Crippen molar-refractivity contribution >= 4 is 17.5 Å². The summed E-state index contributed by atoms with van der Waals surface area (Å²) in [7, 11) is 0. The first-order valence-corrected chi connectivity index (χ1v) is 9.83. The van der Waals surface area contributed by atoms with Crippen molar-refractivity contribution in [2.45, 2.75) is 31.7 Å². The van der Waals surface area contributed by atoms with Gasteiger partial charge in [0.1, 0.15) is 5.82 Å². The van der Waals surface area contributed by atoms with E-state index in [0.717, 1.165) is 29.7 Å². The Morgan fingerprint density at radius 1 is 1.18 bits per heavy atom. The standard InChI is InChI=1S/C22H21ClFN3O/c23-16-10-7-15(8-11-16)9-12-21(28)27-13-3-6-20(27)22-18(14-25-26-22)17-4-1-2-5-19(17)24/h1-2,4-5,7-8,10-11,14,20H,3,6,9,12-13H2,(H,25,26). The minimum atomic E-state index is -0.288. The van der Waals surface area contributed by atoms with Crippen molar-refractivity contribution in [3.63, 3.8) is 0 Å². The SMILES string of the molecule is O=C(CCc1ccc(Cl)cc1)N1CCCC1c1[nH]ncc1-c1ccccc1F. The zero-order chi connectivity index (χ0) is 19.5. The third-order valence-corrected chi connectivity index (χ3v) is 5.53. The van der Waals surface area contributed by atoms with Gasteiger partial charge in [-0.25, -0.2) is 4.39 Å². The van der Waals surface area contributed by atoms with Crippen LogP contribution in [-0.2, 0) is 11.2 Å². The Morgan fingerprint density at radius 3 is 2.75 bits per heavy atom. The van der Waals surface area contributed by atoms with Gasteiger partial charge < -0.3 is 4.90 Å². The van der Waals surface area contributed by atoms with Gasteiger partial charge >= 0.3 is 0 Å². The van der Waals surface area contributed by atoms with Crippen LogP contribution in [0.15, 0.2) is 54.7 Å². The maximum atomic E-state index is 14.3. The molecule has 28 heavy (non-hydrogen) atoms. The summed E-state index contributed by atoms with van der Waals surface area (Å²) in [5, 5.41) is 7.84. The second kappa shape index (κ2) is 8.15. The van der Waals surface area contributed by atoms with Crippen LogP contribution in [0, 0.1) is 5.82 Å². The van der Waals surface area contributed by atoms with E-state index in [4.69, 9.17) is 11.6 Å². The van der Waals surface area contributed by atoms with Crippen molar-refractivity contribution in [2.75, 3.05) is 6.54 Å². The molecule has 0 saturated carbocycles. The van der Waals surface area contributed by atoms with E-state index in [1.807, 2.05) is 29.2 Å². The Labute approximate surface area is 168 Å². The van der Waals surface area contributed by atoms with Gasteiger partial charge in [0.25, 0.3) is 0 Å². The first-order valence-electron chi connectivity index (χ1n) is 9.45. The van der Waals surface area contributed by atoms with Crippen LogP contribution in [0.4, 0.5) is 4.39 Å². The molecule has 1 aliphatic rings. The summed E-state index contributed by atoms with van der Waals surface area (Å²) in [5.74, 6) is -0.185. The second-order valence-electron chi connectivity index (χ2n) is 7.05. The number of halogens is 2. The first kappa shape index (κ1) is 18.7. The van der Waals surface area contributed by atoms with Gasteiger partial charge in [-0.2, -0.15) is 5.10 Å². The molecule has 4 nitrogen and oxygen atoms in total. The molecular weight excluding hydrogens is 377 g/mol. The van der Waals surface area contributed by atoms with Crippen LogP contribution >= 0.6 is 11.6 Å². The molecule has 2 aromatic carbocycles. The summed E-state index contributed by atoms with van der Waals surface area (Å²) >= 11 is 5.92. The van der Waals surface area contributed by atoms with Crippen LogP contribution < -0.4 is 0 Å². The number of hydrogen-bond donors (Lipinski definition) is 1. The predicted octanol–water partition coefficient (Wildman–Crippen LogP) is 5.17. The molecular formula is C22H21ClFN3O. The van der Waals surface area contributed by atoms with Gasteiger partial charge in [0, 0.05) is 29.1 Å². The third kappa shape index (κ3) is 3.80. The molecule has 1 atom stereocenters. The number of aromatic nitrogens is 2. The van der Waals surface area contributed by atoms with E-state index in [1.165, 1.54) is 6.07 Å². The van der Waals surface area contributed by atoms with Crippen LogP contribution in [0.1, 0.15) is 36.6 Å². The Balaban J connectivity index is 1.51. The van der Waals surface area contributed by atoms with E-state index in [0.29, 0.717) is 30.0 Å². The lowest BCUT2D eigenvalue weighted by molar-refractivity contribution is -0.132. The minimum Gasteiger partial charge on any atom is -0.334 e. The normalized spacial score (nSPS) is 16.5.